The van der Waals surface area contributed by atoms with E-state index in [1.54, 1.807) is 6.92 Å². The number of amides is 2. The van der Waals surface area contributed by atoms with Crippen molar-refractivity contribution in [3.8, 4) is 5.75 Å². The number of carbonyl (C=O) groups excluding carboxylic acids is 2. The van der Waals surface area contributed by atoms with Gasteiger partial charge in [-0.2, -0.15) is 0 Å². The van der Waals surface area contributed by atoms with E-state index in [1.807, 2.05) is 61.5 Å². The van der Waals surface area contributed by atoms with Gasteiger partial charge in [-0.25, -0.2) is 0 Å². The van der Waals surface area contributed by atoms with Crippen LogP contribution < -0.4 is 15.4 Å². The highest BCUT2D eigenvalue weighted by atomic mass is 16.5. The zero-order valence-electron chi connectivity index (χ0n) is 16.0. The summed E-state index contributed by atoms with van der Waals surface area (Å²) in [6.07, 6.45) is 1.83. The number of nitrogens with one attached hydrogen (secondary N) is 2. The van der Waals surface area contributed by atoms with Gasteiger partial charge in [-0.3, -0.25) is 9.59 Å². The lowest BCUT2D eigenvalue weighted by Gasteiger charge is -2.13. The Bertz CT molecular complexity index is 714. The molecule has 144 valence electrons. The molecule has 0 spiro atoms. The van der Waals surface area contributed by atoms with E-state index in [4.69, 9.17) is 4.74 Å². The molecule has 0 heterocycles. The normalized spacial score (nSPS) is 11.5. The Hall–Kier alpha value is -2.82. The van der Waals surface area contributed by atoms with Crippen LogP contribution in [-0.4, -0.2) is 24.4 Å². The van der Waals surface area contributed by atoms with Crippen LogP contribution in [0.4, 0.5) is 0 Å². The molecule has 0 fully saturated rings. The minimum Gasteiger partial charge on any atom is -0.489 e. The number of hydrogen-bond donors (Lipinski definition) is 2. The summed E-state index contributed by atoms with van der Waals surface area (Å²) < 4.78 is 5.76. The maximum Gasteiger partial charge on any atom is 0.242 e. The van der Waals surface area contributed by atoms with Crippen LogP contribution in [0.5, 0.6) is 5.75 Å². The summed E-state index contributed by atoms with van der Waals surface area (Å²) in [7, 11) is 0. The molecule has 0 unspecified atom stereocenters. The van der Waals surface area contributed by atoms with Gasteiger partial charge in [0.15, 0.2) is 0 Å². The lowest BCUT2D eigenvalue weighted by molar-refractivity contribution is -0.128. The largest absolute Gasteiger partial charge is 0.489 e. The van der Waals surface area contributed by atoms with Gasteiger partial charge in [-0.15, -0.1) is 0 Å². The Morgan fingerprint density at radius 2 is 1.70 bits per heavy atom. The van der Waals surface area contributed by atoms with Crippen molar-refractivity contribution in [3.05, 3.63) is 65.7 Å². The van der Waals surface area contributed by atoms with Gasteiger partial charge in [0, 0.05) is 13.0 Å². The second kappa shape index (κ2) is 11.0. The summed E-state index contributed by atoms with van der Waals surface area (Å²) >= 11 is 0. The Kier molecular flexibility index (Phi) is 8.36. The maximum atomic E-state index is 12.0. The van der Waals surface area contributed by atoms with E-state index in [1.165, 1.54) is 0 Å². The molecule has 2 N–H and O–H groups in total. The van der Waals surface area contributed by atoms with Crippen LogP contribution in [0.15, 0.2) is 54.6 Å². The summed E-state index contributed by atoms with van der Waals surface area (Å²) in [6, 6.07) is 17.2. The van der Waals surface area contributed by atoms with Crippen molar-refractivity contribution in [1.29, 1.82) is 0 Å². The average Bonchev–Trinajstić information content (AvgIpc) is 2.70. The summed E-state index contributed by atoms with van der Waals surface area (Å²) in [4.78, 5) is 23.8. The molecule has 2 amide bonds. The van der Waals surface area contributed by atoms with Crippen molar-refractivity contribution in [1.82, 2.24) is 10.6 Å². The highest BCUT2D eigenvalue weighted by Crippen LogP contribution is 2.15. The third-order valence-corrected chi connectivity index (χ3v) is 4.13. The molecule has 2 rings (SSSR count). The molecule has 0 bridgehead atoms. The molecule has 0 saturated carbocycles. The first-order valence-electron chi connectivity index (χ1n) is 9.41. The Morgan fingerprint density at radius 3 is 2.37 bits per heavy atom. The smallest absolute Gasteiger partial charge is 0.242 e. The molecular formula is C22H28N2O3. The van der Waals surface area contributed by atoms with Gasteiger partial charge in [0.25, 0.3) is 0 Å². The molecule has 0 aromatic heterocycles. The molecular weight excluding hydrogens is 340 g/mol. The molecule has 0 aliphatic carbocycles. The first kappa shape index (κ1) is 20.5. The quantitative estimate of drug-likeness (QED) is 0.677. The average molecular weight is 368 g/mol. The van der Waals surface area contributed by atoms with E-state index < -0.39 is 6.04 Å². The third kappa shape index (κ3) is 7.52. The third-order valence-electron chi connectivity index (χ3n) is 4.13. The fraction of sp³-hybridized carbons (Fsp3) is 0.364. The first-order chi connectivity index (χ1) is 13.1. The fourth-order valence-corrected chi connectivity index (χ4v) is 2.53. The Morgan fingerprint density at radius 1 is 1.00 bits per heavy atom. The van der Waals surface area contributed by atoms with Crippen LogP contribution in [0.1, 0.15) is 37.8 Å². The predicted molar refractivity (Wildman–Crippen MR) is 106 cm³/mol. The summed E-state index contributed by atoms with van der Waals surface area (Å²) in [5, 5.41) is 5.51. The number of aryl methyl sites for hydroxylation is 1. The van der Waals surface area contributed by atoms with Gasteiger partial charge in [0.05, 0.1) is 0 Å². The number of hydrogen-bond acceptors (Lipinski definition) is 3. The van der Waals surface area contributed by atoms with E-state index in [2.05, 4.69) is 10.6 Å². The zero-order valence-corrected chi connectivity index (χ0v) is 16.0. The summed E-state index contributed by atoms with van der Waals surface area (Å²) in [6.45, 7) is 4.83. The molecule has 0 radical (unpaired) electrons. The molecule has 1 atom stereocenters. The monoisotopic (exact) mass is 368 g/mol. The van der Waals surface area contributed by atoms with Gasteiger partial charge in [-0.1, -0.05) is 49.4 Å². The van der Waals surface area contributed by atoms with Crippen molar-refractivity contribution < 1.29 is 14.3 Å². The van der Waals surface area contributed by atoms with E-state index in [0.29, 0.717) is 26.0 Å². The minimum absolute atomic E-state index is 0.126. The molecule has 0 aliphatic heterocycles. The number of rotatable bonds is 10. The van der Waals surface area contributed by atoms with Gasteiger partial charge in [-0.05, 0) is 43.0 Å². The standard InChI is InChI=1S/C22H28N2O3/c1-3-15-23-22(26)17(2)24-21(25)14-11-18-9-12-20(13-10-18)27-16-19-7-5-4-6-8-19/h4-10,12-13,17H,3,11,14-16H2,1-2H3,(H,23,26)(H,24,25)/t17-/m1/s1. The second-order valence-corrected chi connectivity index (χ2v) is 6.50. The van der Waals surface area contributed by atoms with E-state index in [-0.39, 0.29) is 11.8 Å². The molecule has 27 heavy (non-hydrogen) atoms. The molecule has 0 saturated heterocycles. The topological polar surface area (TPSA) is 67.4 Å². The highest BCUT2D eigenvalue weighted by molar-refractivity contribution is 5.87. The van der Waals surface area contributed by atoms with Crippen molar-refractivity contribution in [2.75, 3.05) is 6.54 Å². The second-order valence-electron chi connectivity index (χ2n) is 6.50. The zero-order chi connectivity index (χ0) is 19.5. The minimum atomic E-state index is -0.516. The predicted octanol–water partition coefficient (Wildman–Crippen LogP) is 3.23. The van der Waals surface area contributed by atoms with Crippen LogP contribution in [0.25, 0.3) is 0 Å². The van der Waals surface area contributed by atoms with Gasteiger partial charge in [0.2, 0.25) is 11.8 Å². The first-order valence-corrected chi connectivity index (χ1v) is 9.41. The molecule has 2 aromatic carbocycles. The van der Waals surface area contributed by atoms with Crippen LogP contribution in [0, 0.1) is 0 Å². The summed E-state index contributed by atoms with van der Waals surface area (Å²) in [5.74, 6) is 0.525. The maximum absolute atomic E-state index is 12.0. The van der Waals surface area contributed by atoms with Crippen molar-refractivity contribution in [2.24, 2.45) is 0 Å². The number of ether oxygens (including phenoxy) is 1. The van der Waals surface area contributed by atoms with Gasteiger partial charge >= 0.3 is 0 Å². The Labute approximate surface area is 161 Å². The van der Waals surface area contributed by atoms with Crippen molar-refractivity contribution in [2.45, 2.75) is 45.8 Å². The molecule has 2 aromatic rings. The molecule has 5 heteroatoms. The highest BCUT2D eigenvalue weighted by Gasteiger charge is 2.14. The SMILES string of the molecule is CCCNC(=O)[C@@H](C)NC(=O)CCc1ccc(OCc2ccccc2)cc1. The number of carbonyl (C=O) groups is 2. The molecule has 0 aliphatic rings. The van der Waals surface area contributed by atoms with Gasteiger partial charge in [0.1, 0.15) is 18.4 Å². The van der Waals surface area contributed by atoms with E-state index >= 15 is 0 Å². The van der Waals surface area contributed by atoms with Crippen LogP contribution in [0.2, 0.25) is 0 Å². The Balaban J connectivity index is 1.72. The van der Waals surface area contributed by atoms with E-state index in [9.17, 15) is 9.59 Å². The number of benzene rings is 2. The van der Waals surface area contributed by atoms with Crippen LogP contribution >= 0.6 is 0 Å². The molecule has 5 nitrogen and oxygen atoms in total. The fourth-order valence-electron chi connectivity index (χ4n) is 2.53. The van der Waals surface area contributed by atoms with Crippen LogP contribution in [-0.2, 0) is 22.6 Å². The van der Waals surface area contributed by atoms with Gasteiger partial charge < -0.3 is 15.4 Å². The van der Waals surface area contributed by atoms with Crippen LogP contribution in [0.3, 0.4) is 0 Å². The van der Waals surface area contributed by atoms with Crippen molar-refractivity contribution in [3.63, 3.8) is 0 Å². The summed E-state index contributed by atoms with van der Waals surface area (Å²) in [5.41, 5.74) is 2.18. The van der Waals surface area contributed by atoms with Crippen molar-refractivity contribution >= 4 is 11.8 Å². The van der Waals surface area contributed by atoms with E-state index in [0.717, 1.165) is 23.3 Å². The lowest BCUT2D eigenvalue weighted by atomic mass is 10.1. The lowest BCUT2D eigenvalue weighted by Crippen LogP contribution is -2.45.